The lowest BCUT2D eigenvalue weighted by Gasteiger charge is -2.13. The topological polar surface area (TPSA) is 84.2 Å². The van der Waals surface area contributed by atoms with E-state index in [0.29, 0.717) is 35.7 Å². The summed E-state index contributed by atoms with van der Waals surface area (Å²) in [5.74, 6) is 0.846. The zero-order valence-electron chi connectivity index (χ0n) is 17.9. The molecule has 7 heteroatoms. The van der Waals surface area contributed by atoms with Crippen molar-refractivity contribution in [2.24, 2.45) is 0 Å². The molecular formula is C24H26O7. The number of rotatable bonds is 10. The van der Waals surface area contributed by atoms with Crippen molar-refractivity contribution < 1.29 is 28.2 Å². The third kappa shape index (κ3) is 5.86. The lowest BCUT2D eigenvalue weighted by Crippen LogP contribution is -2.17. The van der Waals surface area contributed by atoms with Gasteiger partial charge >= 0.3 is 5.97 Å². The van der Waals surface area contributed by atoms with Crippen LogP contribution in [0.3, 0.4) is 0 Å². The van der Waals surface area contributed by atoms with Crippen molar-refractivity contribution in [3.8, 4) is 17.2 Å². The second-order valence-corrected chi connectivity index (χ2v) is 7.09. The third-order valence-corrected chi connectivity index (χ3v) is 4.53. The molecule has 0 unspecified atom stereocenters. The van der Waals surface area contributed by atoms with Crippen LogP contribution in [-0.4, -0.2) is 32.4 Å². The summed E-state index contributed by atoms with van der Waals surface area (Å²) in [4.78, 5) is 24.5. The van der Waals surface area contributed by atoms with Crippen LogP contribution in [0.4, 0.5) is 0 Å². The Hall–Kier alpha value is -3.32. The Morgan fingerprint density at radius 2 is 1.87 bits per heavy atom. The molecule has 31 heavy (non-hydrogen) atoms. The lowest BCUT2D eigenvalue weighted by atomic mass is 10.0. The van der Waals surface area contributed by atoms with Gasteiger partial charge in [-0.1, -0.05) is 32.0 Å². The van der Waals surface area contributed by atoms with E-state index in [2.05, 4.69) is 13.8 Å². The first-order chi connectivity index (χ1) is 15.0. The Morgan fingerprint density at radius 3 is 2.65 bits per heavy atom. The van der Waals surface area contributed by atoms with E-state index in [4.69, 9.17) is 23.4 Å². The SMILES string of the molecule is CCOCCOC(=O)COc1ccc2c(=O)c(Oc3ccccc3C(C)C)coc2c1. The van der Waals surface area contributed by atoms with Gasteiger partial charge in [-0.2, -0.15) is 0 Å². The number of para-hydroxylation sites is 1. The molecule has 1 heterocycles. The van der Waals surface area contributed by atoms with E-state index in [9.17, 15) is 9.59 Å². The second-order valence-electron chi connectivity index (χ2n) is 7.09. The second kappa shape index (κ2) is 10.6. The van der Waals surface area contributed by atoms with Crippen LogP contribution >= 0.6 is 0 Å². The van der Waals surface area contributed by atoms with Gasteiger partial charge in [-0.05, 0) is 36.6 Å². The highest BCUT2D eigenvalue weighted by molar-refractivity contribution is 5.79. The minimum Gasteiger partial charge on any atom is -0.482 e. The predicted molar refractivity (Wildman–Crippen MR) is 116 cm³/mol. The van der Waals surface area contributed by atoms with E-state index in [1.165, 1.54) is 6.26 Å². The van der Waals surface area contributed by atoms with Crippen LogP contribution in [0.1, 0.15) is 32.3 Å². The summed E-state index contributed by atoms with van der Waals surface area (Å²) in [6.45, 7) is 6.80. The Bertz CT molecular complexity index is 1080. The van der Waals surface area contributed by atoms with E-state index in [0.717, 1.165) is 5.56 Å². The fourth-order valence-electron chi connectivity index (χ4n) is 2.96. The largest absolute Gasteiger partial charge is 0.482 e. The molecule has 0 bridgehead atoms. The number of hydrogen-bond donors (Lipinski definition) is 0. The first-order valence-corrected chi connectivity index (χ1v) is 10.2. The zero-order valence-corrected chi connectivity index (χ0v) is 17.9. The number of carbonyl (C=O) groups excluding carboxylic acids is 1. The summed E-state index contributed by atoms with van der Waals surface area (Å²) in [5.41, 5.74) is 1.04. The quantitative estimate of drug-likeness (QED) is 0.344. The van der Waals surface area contributed by atoms with Gasteiger partial charge in [0.1, 0.15) is 30.0 Å². The molecule has 0 saturated carbocycles. The highest BCUT2D eigenvalue weighted by Crippen LogP contribution is 2.30. The van der Waals surface area contributed by atoms with Crippen molar-refractivity contribution in [2.75, 3.05) is 26.4 Å². The Balaban J connectivity index is 1.70. The number of benzene rings is 2. The maximum atomic E-state index is 12.9. The Kier molecular flexibility index (Phi) is 7.67. The van der Waals surface area contributed by atoms with E-state index in [1.54, 1.807) is 18.2 Å². The molecule has 2 aromatic carbocycles. The maximum Gasteiger partial charge on any atom is 0.344 e. The van der Waals surface area contributed by atoms with Crippen molar-refractivity contribution in [1.29, 1.82) is 0 Å². The maximum absolute atomic E-state index is 12.9. The molecule has 0 fully saturated rings. The molecule has 0 N–H and O–H groups in total. The summed E-state index contributed by atoms with van der Waals surface area (Å²) in [6, 6.07) is 12.3. The van der Waals surface area contributed by atoms with Gasteiger partial charge in [0.05, 0.1) is 12.0 Å². The average molecular weight is 426 g/mol. The molecule has 0 spiro atoms. The average Bonchev–Trinajstić information content (AvgIpc) is 2.77. The van der Waals surface area contributed by atoms with Crippen molar-refractivity contribution in [3.63, 3.8) is 0 Å². The van der Waals surface area contributed by atoms with Gasteiger partial charge in [0.25, 0.3) is 0 Å². The minimum atomic E-state index is -0.506. The first-order valence-electron chi connectivity index (χ1n) is 10.2. The molecule has 0 amide bonds. The van der Waals surface area contributed by atoms with Crippen LogP contribution < -0.4 is 14.9 Å². The molecule has 3 rings (SSSR count). The molecule has 0 aliphatic heterocycles. The molecule has 0 atom stereocenters. The summed E-state index contributed by atoms with van der Waals surface area (Å²) in [7, 11) is 0. The van der Waals surface area contributed by atoms with E-state index >= 15 is 0 Å². The molecular weight excluding hydrogens is 400 g/mol. The summed E-state index contributed by atoms with van der Waals surface area (Å²) in [6.07, 6.45) is 1.29. The van der Waals surface area contributed by atoms with Crippen molar-refractivity contribution >= 4 is 16.9 Å². The zero-order chi connectivity index (χ0) is 22.2. The summed E-state index contributed by atoms with van der Waals surface area (Å²) >= 11 is 0. The van der Waals surface area contributed by atoms with Crippen molar-refractivity contribution in [3.05, 3.63) is 64.5 Å². The lowest BCUT2D eigenvalue weighted by molar-refractivity contribution is -0.147. The van der Waals surface area contributed by atoms with E-state index in [1.807, 2.05) is 31.2 Å². The van der Waals surface area contributed by atoms with Crippen molar-refractivity contribution in [1.82, 2.24) is 0 Å². The number of ether oxygens (including phenoxy) is 4. The Labute approximate surface area is 180 Å². The van der Waals surface area contributed by atoms with Crippen LogP contribution in [0.2, 0.25) is 0 Å². The molecule has 1 aromatic heterocycles. The normalized spacial score (nSPS) is 11.0. The molecule has 0 aliphatic carbocycles. The predicted octanol–water partition coefficient (Wildman–Crippen LogP) is 4.67. The van der Waals surface area contributed by atoms with Crippen LogP contribution in [0.5, 0.6) is 17.2 Å². The standard InChI is InChI=1S/C24H26O7/c1-4-27-11-12-28-23(25)15-29-17-9-10-19-21(13-17)30-14-22(24(19)26)31-20-8-6-5-7-18(20)16(2)3/h5-10,13-14,16H,4,11-12,15H2,1-3H3. The van der Waals surface area contributed by atoms with Crippen LogP contribution in [0.15, 0.2) is 57.9 Å². The van der Waals surface area contributed by atoms with Gasteiger partial charge < -0.3 is 23.4 Å². The summed E-state index contributed by atoms with van der Waals surface area (Å²) in [5, 5.41) is 0.353. The molecule has 0 aliphatic rings. The first kappa shape index (κ1) is 22.4. The minimum absolute atomic E-state index is 0.104. The van der Waals surface area contributed by atoms with Gasteiger partial charge in [0.15, 0.2) is 6.61 Å². The fourth-order valence-corrected chi connectivity index (χ4v) is 2.96. The molecule has 0 radical (unpaired) electrons. The molecule has 7 nitrogen and oxygen atoms in total. The molecule has 0 saturated heterocycles. The van der Waals surface area contributed by atoms with Gasteiger partial charge in [-0.3, -0.25) is 4.79 Å². The molecule has 164 valence electrons. The van der Waals surface area contributed by atoms with Crippen LogP contribution in [0, 0.1) is 0 Å². The molecule has 3 aromatic rings. The van der Waals surface area contributed by atoms with Gasteiger partial charge in [-0.15, -0.1) is 0 Å². The van der Waals surface area contributed by atoms with Crippen LogP contribution in [0.25, 0.3) is 11.0 Å². The van der Waals surface area contributed by atoms with Gasteiger partial charge in [0.2, 0.25) is 11.2 Å². The highest BCUT2D eigenvalue weighted by Gasteiger charge is 2.14. The number of esters is 1. The third-order valence-electron chi connectivity index (χ3n) is 4.53. The van der Waals surface area contributed by atoms with E-state index < -0.39 is 5.97 Å². The number of fused-ring (bicyclic) bond motifs is 1. The number of hydrogen-bond acceptors (Lipinski definition) is 7. The number of carbonyl (C=O) groups is 1. The monoisotopic (exact) mass is 426 g/mol. The van der Waals surface area contributed by atoms with E-state index in [-0.39, 0.29) is 30.3 Å². The smallest absolute Gasteiger partial charge is 0.344 e. The van der Waals surface area contributed by atoms with Gasteiger partial charge in [-0.25, -0.2) is 4.79 Å². The van der Waals surface area contributed by atoms with Gasteiger partial charge in [0, 0.05) is 12.7 Å². The Morgan fingerprint density at radius 1 is 1.06 bits per heavy atom. The van der Waals surface area contributed by atoms with Crippen molar-refractivity contribution in [2.45, 2.75) is 26.7 Å². The van der Waals surface area contributed by atoms with Crippen LogP contribution in [-0.2, 0) is 14.3 Å². The fraction of sp³-hybridized carbons (Fsp3) is 0.333. The summed E-state index contributed by atoms with van der Waals surface area (Å²) < 4.78 is 27.0. The highest BCUT2D eigenvalue weighted by atomic mass is 16.6.